The van der Waals surface area contributed by atoms with Crippen LogP contribution >= 0.6 is 0 Å². The highest BCUT2D eigenvalue weighted by atomic mass is 19.1. The summed E-state index contributed by atoms with van der Waals surface area (Å²) in [7, 11) is 0. The van der Waals surface area contributed by atoms with Crippen molar-refractivity contribution in [2.45, 2.75) is 32.9 Å². The van der Waals surface area contributed by atoms with E-state index in [1.165, 1.54) is 0 Å². The highest BCUT2D eigenvalue weighted by Gasteiger charge is 2.26. The number of halogens is 1. The summed E-state index contributed by atoms with van der Waals surface area (Å²) in [5, 5.41) is 5.23. The summed E-state index contributed by atoms with van der Waals surface area (Å²) < 4.78 is 27.6. The molecule has 2 aromatic heterocycles. The lowest BCUT2D eigenvalue weighted by atomic mass is 10.0. The number of hydrogen-bond acceptors (Lipinski definition) is 6. The molecular weight excluding hydrogens is 481 g/mol. The lowest BCUT2D eigenvalue weighted by Gasteiger charge is -2.22. The van der Waals surface area contributed by atoms with Crippen LogP contribution in [0.3, 0.4) is 0 Å². The number of anilines is 2. The third-order valence-corrected chi connectivity index (χ3v) is 6.09. The van der Waals surface area contributed by atoms with E-state index in [0.29, 0.717) is 29.6 Å². The Labute approximate surface area is 220 Å². The second-order valence-electron chi connectivity index (χ2n) is 9.18. The molecule has 1 unspecified atom stereocenters. The molecule has 0 aliphatic heterocycles. The van der Waals surface area contributed by atoms with Crippen LogP contribution in [-0.2, 0) is 0 Å². The summed E-state index contributed by atoms with van der Waals surface area (Å²) in [6.45, 7) is 6.03. The Morgan fingerprint density at radius 3 is 2.61 bits per heavy atom. The summed E-state index contributed by atoms with van der Waals surface area (Å²) in [5.74, 6) is 1.15. The summed E-state index contributed by atoms with van der Waals surface area (Å²) in [4.78, 5) is 12.2. The number of imidazole rings is 1. The highest BCUT2D eigenvalue weighted by molar-refractivity contribution is 5.93. The molecule has 0 bridgehead atoms. The normalized spacial score (nSPS) is 12.0. The standard InChI is InChI=1S/C30H30FN5O2/c1-4-37-22-15-24(27(31)26(16-22)38-18(2)3)28(30-34-17-25(36-30)19-8-6-5-7-9-19)35-21-10-11-23-20(14-21)12-13-33-29(23)32/h5-18,28,35H,4H2,1-3H3,(H2,32,33)(H,34,36). The van der Waals surface area contributed by atoms with Crippen molar-refractivity contribution >= 4 is 22.3 Å². The molecule has 0 radical (unpaired) electrons. The molecule has 0 saturated heterocycles. The van der Waals surface area contributed by atoms with Crippen molar-refractivity contribution in [3.8, 4) is 22.8 Å². The van der Waals surface area contributed by atoms with E-state index in [2.05, 4.69) is 20.3 Å². The zero-order chi connectivity index (χ0) is 26.6. The van der Waals surface area contributed by atoms with E-state index in [1.54, 1.807) is 24.5 Å². The maximum Gasteiger partial charge on any atom is 0.171 e. The number of benzene rings is 3. The van der Waals surface area contributed by atoms with Crippen LogP contribution in [0.4, 0.5) is 15.9 Å². The SMILES string of the molecule is CCOc1cc(OC(C)C)c(F)c(C(Nc2ccc3c(N)nccc3c2)c2ncc(-c3ccccc3)[nH]2)c1. The minimum atomic E-state index is -0.681. The average molecular weight is 512 g/mol. The first-order valence-electron chi connectivity index (χ1n) is 12.6. The molecule has 8 heteroatoms. The quantitative estimate of drug-likeness (QED) is 0.203. The number of aromatic nitrogens is 3. The monoisotopic (exact) mass is 511 g/mol. The fourth-order valence-electron chi connectivity index (χ4n) is 4.39. The minimum Gasteiger partial charge on any atom is -0.494 e. The average Bonchev–Trinajstić information content (AvgIpc) is 3.40. The summed E-state index contributed by atoms with van der Waals surface area (Å²) in [5.41, 5.74) is 8.95. The maximum atomic E-state index is 16.0. The van der Waals surface area contributed by atoms with Gasteiger partial charge >= 0.3 is 0 Å². The van der Waals surface area contributed by atoms with Gasteiger partial charge in [0.1, 0.15) is 23.4 Å². The molecule has 5 rings (SSSR count). The topological polar surface area (TPSA) is 98.1 Å². The second kappa shape index (κ2) is 10.8. The summed E-state index contributed by atoms with van der Waals surface area (Å²) >= 11 is 0. The van der Waals surface area contributed by atoms with Crippen LogP contribution in [0.15, 0.2) is 79.1 Å². The van der Waals surface area contributed by atoms with Crippen LogP contribution in [0.1, 0.15) is 38.2 Å². The van der Waals surface area contributed by atoms with Crippen molar-refractivity contribution < 1.29 is 13.9 Å². The molecule has 0 spiro atoms. The predicted octanol–water partition coefficient (Wildman–Crippen LogP) is 6.73. The molecule has 2 heterocycles. The van der Waals surface area contributed by atoms with E-state index in [9.17, 15) is 0 Å². The Bertz CT molecular complexity index is 1550. The Morgan fingerprint density at radius 1 is 1.03 bits per heavy atom. The fraction of sp³-hybridized carbons (Fsp3) is 0.200. The minimum absolute atomic E-state index is 0.125. The van der Waals surface area contributed by atoms with Crippen molar-refractivity contribution in [3.05, 3.63) is 96.3 Å². The number of nitrogens with one attached hydrogen (secondary N) is 2. The van der Waals surface area contributed by atoms with Gasteiger partial charge < -0.3 is 25.5 Å². The lowest BCUT2D eigenvalue weighted by Crippen LogP contribution is -2.17. The van der Waals surface area contributed by atoms with Crippen molar-refractivity contribution in [1.29, 1.82) is 0 Å². The van der Waals surface area contributed by atoms with Gasteiger partial charge in [-0.25, -0.2) is 14.4 Å². The second-order valence-corrected chi connectivity index (χ2v) is 9.18. The molecule has 0 saturated carbocycles. The molecule has 4 N–H and O–H groups in total. The van der Waals surface area contributed by atoms with Gasteiger partial charge in [0.05, 0.1) is 24.6 Å². The first-order valence-corrected chi connectivity index (χ1v) is 12.6. The fourth-order valence-corrected chi connectivity index (χ4v) is 4.39. The van der Waals surface area contributed by atoms with Gasteiger partial charge in [-0.3, -0.25) is 0 Å². The van der Waals surface area contributed by atoms with Crippen LogP contribution in [0.5, 0.6) is 11.5 Å². The summed E-state index contributed by atoms with van der Waals surface area (Å²) in [6.07, 6.45) is 3.20. The third kappa shape index (κ3) is 5.25. The molecule has 7 nitrogen and oxygen atoms in total. The largest absolute Gasteiger partial charge is 0.494 e. The van der Waals surface area contributed by atoms with Crippen LogP contribution in [0.2, 0.25) is 0 Å². The zero-order valence-electron chi connectivity index (χ0n) is 21.5. The Balaban J connectivity index is 1.63. The van der Waals surface area contributed by atoms with Gasteiger partial charge in [-0.05, 0) is 62.1 Å². The molecule has 0 fully saturated rings. The van der Waals surface area contributed by atoms with Gasteiger partial charge in [0, 0.05) is 28.9 Å². The Morgan fingerprint density at radius 2 is 1.84 bits per heavy atom. The molecule has 0 amide bonds. The zero-order valence-corrected chi connectivity index (χ0v) is 21.5. The van der Waals surface area contributed by atoms with Crippen molar-refractivity contribution in [2.24, 2.45) is 0 Å². The molecule has 38 heavy (non-hydrogen) atoms. The molecule has 194 valence electrons. The van der Waals surface area contributed by atoms with Crippen LogP contribution in [0, 0.1) is 5.82 Å². The van der Waals surface area contributed by atoms with Gasteiger partial charge in [-0.15, -0.1) is 0 Å². The number of fused-ring (bicyclic) bond motifs is 1. The number of ether oxygens (including phenoxy) is 2. The molecule has 0 aliphatic carbocycles. The van der Waals surface area contributed by atoms with Gasteiger partial charge in [-0.1, -0.05) is 30.3 Å². The number of aromatic amines is 1. The van der Waals surface area contributed by atoms with E-state index >= 15 is 4.39 Å². The van der Waals surface area contributed by atoms with Gasteiger partial charge in [-0.2, -0.15) is 0 Å². The Kier molecular flexibility index (Phi) is 7.13. The number of nitrogen functional groups attached to an aromatic ring is 1. The molecule has 0 aliphatic rings. The smallest absolute Gasteiger partial charge is 0.171 e. The number of H-pyrrole nitrogens is 1. The van der Waals surface area contributed by atoms with Crippen molar-refractivity contribution in [2.75, 3.05) is 17.7 Å². The highest BCUT2D eigenvalue weighted by Crippen LogP contribution is 2.37. The molecule has 5 aromatic rings. The number of rotatable bonds is 9. The van der Waals surface area contributed by atoms with E-state index in [-0.39, 0.29) is 11.9 Å². The first-order chi connectivity index (χ1) is 18.4. The van der Waals surface area contributed by atoms with E-state index in [1.807, 2.05) is 75.4 Å². The molecular formula is C30H30FN5O2. The number of hydrogen-bond donors (Lipinski definition) is 3. The van der Waals surface area contributed by atoms with Crippen LogP contribution < -0.4 is 20.5 Å². The van der Waals surface area contributed by atoms with Gasteiger partial charge in [0.15, 0.2) is 11.6 Å². The number of nitrogens with zero attached hydrogens (tertiary/aromatic N) is 2. The van der Waals surface area contributed by atoms with Crippen molar-refractivity contribution in [3.63, 3.8) is 0 Å². The Hall–Kier alpha value is -4.59. The van der Waals surface area contributed by atoms with Gasteiger partial charge in [0.25, 0.3) is 0 Å². The van der Waals surface area contributed by atoms with Gasteiger partial charge in [0.2, 0.25) is 0 Å². The lowest BCUT2D eigenvalue weighted by molar-refractivity contribution is 0.228. The maximum absolute atomic E-state index is 16.0. The number of pyridine rings is 1. The van der Waals surface area contributed by atoms with E-state index in [0.717, 1.165) is 27.7 Å². The molecule has 3 aromatic carbocycles. The van der Waals surface area contributed by atoms with Crippen LogP contribution in [0.25, 0.3) is 22.0 Å². The molecule has 1 atom stereocenters. The van der Waals surface area contributed by atoms with Crippen LogP contribution in [-0.4, -0.2) is 27.7 Å². The predicted molar refractivity (Wildman–Crippen MR) is 149 cm³/mol. The number of nitrogens with two attached hydrogens (primary N) is 1. The van der Waals surface area contributed by atoms with Crippen molar-refractivity contribution in [1.82, 2.24) is 15.0 Å². The third-order valence-electron chi connectivity index (χ3n) is 6.09. The first kappa shape index (κ1) is 25.1. The summed E-state index contributed by atoms with van der Waals surface area (Å²) in [6, 6.07) is 20.1. The van der Waals surface area contributed by atoms with E-state index < -0.39 is 11.9 Å². The van der Waals surface area contributed by atoms with E-state index in [4.69, 9.17) is 15.2 Å².